The van der Waals surface area contributed by atoms with E-state index in [1.807, 2.05) is 56.3 Å². The molecule has 0 radical (unpaired) electrons. The molecular weight excluding hydrogens is 304 g/mol. The van der Waals surface area contributed by atoms with Gasteiger partial charge in [-0.05, 0) is 43.7 Å². The van der Waals surface area contributed by atoms with Crippen molar-refractivity contribution in [2.24, 2.45) is 0 Å². The van der Waals surface area contributed by atoms with Crippen LogP contribution in [0.2, 0.25) is 0 Å². The molecule has 0 bridgehead atoms. The molecule has 2 aromatic rings. The van der Waals surface area contributed by atoms with Gasteiger partial charge in [-0.3, -0.25) is 9.59 Å². The Morgan fingerprint density at radius 2 is 2.04 bits per heavy atom. The lowest BCUT2D eigenvalue weighted by atomic mass is 10.1. The second-order valence-corrected chi connectivity index (χ2v) is 5.99. The SMILES string of the molecule is Cc1cccc(OCC(=O)N2c3ccccc3NC(=O)C[C@H]2C)c1. The second-order valence-electron chi connectivity index (χ2n) is 5.99. The summed E-state index contributed by atoms with van der Waals surface area (Å²) in [4.78, 5) is 26.4. The number of rotatable bonds is 3. The van der Waals surface area contributed by atoms with Crippen molar-refractivity contribution in [2.75, 3.05) is 16.8 Å². The maximum Gasteiger partial charge on any atom is 0.265 e. The minimum absolute atomic E-state index is 0.0731. The zero-order chi connectivity index (χ0) is 17.1. The fraction of sp³-hybridized carbons (Fsp3) is 0.263. The smallest absolute Gasteiger partial charge is 0.265 e. The number of hydrogen-bond donors (Lipinski definition) is 1. The number of amides is 2. The van der Waals surface area contributed by atoms with Gasteiger partial charge in [0, 0.05) is 12.5 Å². The molecular formula is C19H20N2O3. The number of hydrogen-bond acceptors (Lipinski definition) is 3. The molecule has 5 heteroatoms. The number of fused-ring (bicyclic) bond motifs is 1. The number of nitrogens with zero attached hydrogens (tertiary/aromatic N) is 1. The minimum Gasteiger partial charge on any atom is -0.484 e. The molecule has 24 heavy (non-hydrogen) atoms. The molecule has 3 rings (SSSR count). The van der Waals surface area contributed by atoms with Gasteiger partial charge >= 0.3 is 0 Å². The van der Waals surface area contributed by atoms with Crippen molar-refractivity contribution in [3.05, 3.63) is 54.1 Å². The van der Waals surface area contributed by atoms with Crippen molar-refractivity contribution in [1.82, 2.24) is 0 Å². The van der Waals surface area contributed by atoms with Gasteiger partial charge < -0.3 is 15.0 Å². The highest BCUT2D eigenvalue weighted by molar-refractivity contribution is 6.04. The summed E-state index contributed by atoms with van der Waals surface area (Å²) in [6, 6.07) is 14.7. The summed E-state index contributed by atoms with van der Waals surface area (Å²) in [7, 11) is 0. The van der Waals surface area contributed by atoms with E-state index in [0.717, 1.165) is 5.56 Å². The third kappa shape index (κ3) is 3.40. The van der Waals surface area contributed by atoms with E-state index >= 15 is 0 Å². The summed E-state index contributed by atoms with van der Waals surface area (Å²) < 4.78 is 5.64. The molecule has 2 amide bonds. The highest BCUT2D eigenvalue weighted by Crippen LogP contribution is 2.31. The van der Waals surface area contributed by atoms with Crippen LogP contribution in [-0.2, 0) is 9.59 Å². The highest BCUT2D eigenvalue weighted by Gasteiger charge is 2.29. The zero-order valence-corrected chi connectivity index (χ0v) is 13.8. The molecule has 1 aliphatic rings. The second kappa shape index (κ2) is 6.74. The fourth-order valence-electron chi connectivity index (χ4n) is 2.89. The van der Waals surface area contributed by atoms with Gasteiger partial charge in [-0.2, -0.15) is 0 Å². The predicted molar refractivity (Wildman–Crippen MR) is 93.3 cm³/mol. The first-order valence-electron chi connectivity index (χ1n) is 7.95. The van der Waals surface area contributed by atoms with Crippen LogP contribution in [-0.4, -0.2) is 24.5 Å². The molecule has 124 valence electrons. The fourth-order valence-corrected chi connectivity index (χ4v) is 2.89. The molecule has 0 saturated carbocycles. The Kier molecular flexibility index (Phi) is 4.51. The Morgan fingerprint density at radius 3 is 2.83 bits per heavy atom. The van der Waals surface area contributed by atoms with Crippen molar-refractivity contribution in [1.29, 1.82) is 0 Å². The average Bonchev–Trinajstić information content (AvgIpc) is 2.67. The number of carbonyl (C=O) groups excluding carboxylic acids is 2. The first kappa shape index (κ1) is 16.1. The molecule has 1 aliphatic heterocycles. The van der Waals surface area contributed by atoms with Crippen molar-refractivity contribution < 1.29 is 14.3 Å². The summed E-state index contributed by atoms with van der Waals surface area (Å²) in [5.41, 5.74) is 2.42. The van der Waals surface area contributed by atoms with Gasteiger partial charge in [0.25, 0.3) is 5.91 Å². The van der Waals surface area contributed by atoms with E-state index in [0.29, 0.717) is 17.1 Å². The Balaban J connectivity index is 1.81. The lowest BCUT2D eigenvalue weighted by Gasteiger charge is -2.27. The highest BCUT2D eigenvalue weighted by atomic mass is 16.5. The van der Waals surface area contributed by atoms with Crippen LogP contribution in [0, 0.1) is 6.92 Å². The number of para-hydroxylation sites is 2. The summed E-state index contributed by atoms with van der Waals surface area (Å²) in [5, 5.41) is 2.85. The number of ether oxygens (including phenoxy) is 1. The number of anilines is 2. The van der Waals surface area contributed by atoms with Crippen LogP contribution in [0.1, 0.15) is 18.9 Å². The van der Waals surface area contributed by atoms with E-state index in [4.69, 9.17) is 4.74 Å². The van der Waals surface area contributed by atoms with Crippen LogP contribution in [0.25, 0.3) is 0 Å². The predicted octanol–water partition coefficient (Wildman–Crippen LogP) is 3.14. The van der Waals surface area contributed by atoms with Crippen molar-refractivity contribution in [3.63, 3.8) is 0 Å². The molecule has 1 N–H and O–H groups in total. The van der Waals surface area contributed by atoms with E-state index in [9.17, 15) is 9.59 Å². The molecule has 1 heterocycles. The molecule has 0 saturated heterocycles. The lowest BCUT2D eigenvalue weighted by molar-refractivity contribution is -0.121. The van der Waals surface area contributed by atoms with Crippen LogP contribution >= 0.6 is 0 Å². The maximum atomic E-state index is 12.8. The van der Waals surface area contributed by atoms with E-state index in [1.54, 1.807) is 11.0 Å². The molecule has 2 aromatic carbocycles. The first-order valence-corrected chi connectivity index (χ1v) is 7.95. The van der Waals surface area contributed by atoms with Crippen LogP contribution in [0.3, 0.4) is 0 Å². The van der Waals surface area contributed by atoms with Crippen molar-refractivity contribution in [2.45, 2.75) is 26.3 Å². The van der Waals surface area contributed by atoms with Gasteiger partial charge in [0.2, 0.25) is 5.91 Å². The summed E-state index contributed by atoms with van der Waals surface area (Å²) in [5.74, 6) is 0.395. The number of carbonyl (C=O) groups is 2. The number of nitrogens with one attached hydrogen (secondary N) is 1. The van der Waals surface area contributed by atoms with Crippen LogP contribution in [0.4, 0.5) is 11.4 Å². The Hall–Kier alpha value is -2.82. The van der Waals surface area contributed by atoms with Crippen LogP contribution in [0.5, 0.6) is 5.75 Å². The summed E-state index contributed by atoms with van der Waals surface area (Å²) in [6.45, 7) is 3.77. The zero-order valence-electron chi connectivity index (χ0n) is 13.8. The van der Waals surface area contributed by atoms with Crippen molar-refractivity contribution in [3.8, 4) is 5.75 Å². The van der Waals surface area contributed by atoms with Crippen molar-refractivity contribution >= 4 is 23.2 Å². The Morgan fingerprint density at radius 1 is 1.25 bits per heavy atom. The molecule has 0 aliphatic carbocycles. The standard InChI is InChI=1S/C19H20N2O3/c1-13-6-5-7-15(10-13)24-12-19(23)21-14(2)11-18(22)20-16-8-3-4-9-17(16)21/h3-10,14H,11-12H2,1-2H3,(H,20,22)/t14-/m1/s1. The van der Waals surface area contributed by atoms with E-state index in [2.05, 4.69) is 5.32 Å². The van der Waals surface area contributed by atoms with Gasteiger partial charge in [-0.1, -0.05) is 24.3 Å². The van der Waals surface area contributed by atoms with Crippen LogP contribution in [0.15, 0.2) is 48.5 Å². The minimum atomic E-state index is -0.234. The quantitative estimate of drug-likeness (QED) is 0.943. The lowest BCUT2D eigenvalue weighted by Crippen LogP contribution is -2.41. The average molecular weight is 324 g/mol. The maximum absolute atomic E-state index is 12.8. The van der Waals surface area contributed by atoms with E-state index < -0.39 is 0 Å². The largest absolute Gasteiger partial charge is 0.484 e. The third-order valence-electron chi connectivity index (χ3n) is 3.98. The number of aryl methyl sites for hydroxylation is 1. The van der Waals surface area contributed by atoms with Gasteiger partial charge in [0.1, 0.15) is 5.75 Å². The molecule has 1 atom stereocenters. The number of benzene rings is 2. The molecule has 0 spiro atoms. The monoisotopic (exact) mass is 324 g/mol. The Bertz CT molecular complexity index is 773. The summed E-state index contributed by atoms with van der Waals surface area (Å²) in [6.07, 6.45) is 0.255. The molecule has 0 fully saturated rings. The van der Waals surface area contributed by atoms with E-state index in [-0.39, 0.29) is 30.9 Å². The molecule has 0 unspecified atom stereocenters. The third-order valence-corrected chi connectivity index (χ3v) is 3.98. The van der Waals surface area contributed by atoms with Gasteiger partial charge in [0.15, 0.2) is 6.61 Å². The van der Waals surface area contributed by atoms with Crippen LogP contribution < -0.4 is 15.0 Å². The first-order chi connectivity index (χ1) is 11.5. The van der Waals surface area contributed by atoms with Gasteiger partial charge in [-0.15, -0.1) is 0 Å². The normalized spacial score (nSPS) is 16.8. The Labute approximate surface area is 141 Å². The van der Waals surface area contributed by atoms with Gasteiger partial charge in [-0.25, -0.2) is 0 Å². The van der Waals surface area contributed by atoms with E-state index in [1.165, 1.54) is 0 Å². The molecule has 0 aromatic heterocycles. The molecule has 5 nitrogen and oxygen atoms in total. The topological polar surface area (TPSA) is 58.6 Å². The summed E-state index contributed by atoms with van der Waals surface area (Å²) >= 11 is 0. The van der Waals surface area contributed by atoms with Gasteiger partial charge in [0.05, 0.1) is 11.4 Å².